The van der Waals surface area contributed by atoms with Crippen molar-refractivity contribution >= 4 is 75.8 Å². The summed E-state index contributed by atoms with van der Waals surface area (Å²) in [4.78, 5) is 0. The third-order valence-corrected chi connectivity index (χ3v) is 7.78. The van der Waals surface area contributed by atoms with E-state index < -0.39 is 233 Å². The summed E-state index contributed by atoms with van der Waals surface area (Å²) in [7, 11) is 0. The SMILES string of the molecule is [2H]c1cc2c(c([2H])c1[2H])c1c([2H])c([2H])c([2H])c([2H])c1c1c([2H])c(-c3c4c([2H])c([2H])c([2H])c([2H])c4c(-c4c([2H])c([2H])c5oc6c([2H])c([2H])c([2H])c([2H])c6c5c4[2H])c4c([2H])c([2H])c([2H])c([2H])c34)c([2H])c([2H])c21. The van der Waals surface area contributed by atoms with E-state index in [-0.39, 0.29) is 16.2 Å². The standard InChI is InChI=1S/C44H26O/c1-2-13-31-29(11-1)30-12-3-4-14-32(30)39-25-27(21-23-33(31)39)43-35-16-5-7-18-37(35)44(38-19-8-6-17-36(38)43)28-22-24-42-40(26-28)34-15-9-10-20-41(34)45-42/h1-26H/i1D,2D,3D,4D,5D,6D,7D,8D,9D,10D,11D,12D,14D,15D,16D,17D,18D,19D,20D,21D,22D,23D,24D,25D,26D. The van der Waals surface area contributed by atoms with Crippen molar-refractivity contribution in [3.63, 3.8) is 0 Å². The van der Waals surface area contributed by atoms with Crippen LogP contribution in [0, 0.1) is 0 Å². The number of hydrogen-bond acceptors (Lipinski definition) is 1. The van der Waals surface area contributed by atoms with Crippen LogP contribution in [-0.4, -0.2) is 0 Å². The van der Waals surface area contributed by atoms with Crippen molar-refractivity contribution in [2.75, 3.05) is 0 Å². The van der Waals surface area contributed by atoms with E-state index in [1.807, 2.05) is 0 Å². The highest BCUT2D eigenvalue weighted by Gasteiger charge is 2.18. The molecular weight excluding hydrogens is 544 g/mol. The van der Waals surface area contributed by atoms with Crippen LogP contribution in [0.5, 0.6) is 0 Å². The first-order valence-electron chi connectivity index (χ1n) is 26.0. The van der Waals surface area contributed by atoms with Gasteiger partial charge in [-0.15, -0.1) is 0 Å². The predicted octanol–water partition coefficient (Wildman–Crippen LogP) is 12.7. The quantitative estimate of drug-likeness (QED) is 0.143. The summed E-state index contributed by atoms with van der Waals surface area (Å²) in [5.74, 6) is 0. The van der Waals surface area contributed by atoms with Gasteiger partial charge in [-0.1, -0.05) is 133 Å². The number of para-hydroxylation sites is 1. The summed E-state index contributed by atoms with van der Waals surface area (Å²) in [6.45, 7) is 0. The lowest BCUT2D eigenvalue weighted by molar-refractivity contribution is 0.669. The van der Waals surface area contributed by atoms with Gasteiger partial charge in [-0.25, -0.2) is 0 Å². The summed E-state index contributed by atoms with van der Waals surface area (Å²) in [6.07, 6.45) is 0. The molecule has 45 heavy (non-hydrogen) atoms. The summed E-state index contributed by atoms with van der Waals surface area (Å²) in [5, 5.41) is -5.86. The smallest absolute Gasteiger partial charge is 0.135 e. The van der Waals surface area contributed by atoms with Crippen molar-refractivity contribution in [2.45, 2.75) is 0 Å². The van der Waals surface area contributed by atoms with Crippen molar-refractivity contribution in [1.82, 2.24) is 0 Å². The molecule has 0 unspecified atom stereocenters. The first-order chi connectivity index (χ1) is 32.7. The summed E-state index contributed by atoms with van der Waals surface area (Å²) >= 11 is 0. The molecule has 1 heterocycles. The van der Waals surface area contributed by atoms with Gasteiger partial charge >= 0.3 is 0 Å². The maximum Gasteiger partial charge on any atom is 0.135 e. The van der Waals surface area contributed by atoms with Crippen LogP contribution in [0.4, 0.5) is 0 Å². The van der Waals surface area contributed by atoms with Crippen molar-refractivity contribution in [2.24, 2.45) is 0 Å². The molecule has 1 nitrogen and oxygen atoms in total. The highest BCUT2D eigenvalue weighted by Crippen LogP contribution is 2.46. The van der Waals surface area contributed by atoms with Crippen LogP contribution < -0.4 is 0 Å². The van der Waals surface area contributed by atoms with Crippen LogP contribution in [0.3, 0.4) is 0 Å². The lowest BCUT2D eigenvalue weighted by Gasteiger charge is -2.18. The average Bonchev–Trinajstić information content (AvgIpc) is 3.74. The fraction of sp³-hybridized carbons (Fsp3) is 0. The van der Waals surface area contributed by atoms with Crippen LogP contribution >= 0.6 is 0 Å². The van der Waals surface area contributed by atoms with E-state index in [0.29, 0.717) is 0 Å². The zero-order valence-electron chi connectivity index (χ0n) is 47.5. The van der Waals surface area contributed by atoms with E-state index in [1.54, 1.807) is 0 Å². The Labute approximate surface area is 294 Å². The first kappa shape index (κ1) is 10.6. The molecule has 0 aliphatic rings. The van der Waals surface area contributed by atoms with Gasteiger partial charge in [0.25, 0.3) is 0 Å². The second-order valence-electron chi connectivity index (χ2n) is 10.1. The number of fused-ring (bicyclic) bond motifs is 11. The molecule has 0 bridgehead atoms. The second-order valence-corrected chi connectivity index (χ2v) is 10.1. The number of hydrogen-bond donors (Lipinski definition) is 0. The maximum atomic E-state index is 10.0. The Kier molecular flexibility index (Phi) is 2.19. The largest absolute Gasteiger partial charge is 0.456 e. The molecule has 0 atom stereocenters. The Hall–Kier alpha value is -5.92. The van der Waals surface area contributed by atoms with Crippen molar-refractivity contribution in [3.8, 4) is 22.3 Å². The third-order valence-electron chi connectivity index (χ3n) is 7.78. The molecule has 208 valence electrons. The van der Waals surface area contributed by atoms with Gasteiger partial charge in [0.1, 0.15) is 11.2 Å². The van der Waals surface area contributed by atoms with Crippen LogP contribution in [0.2, 0.25) is 0 Å². The molecule has 0 saturated heterocycles. The minimum Gasteiger partial charge on any atom is -0.456 e. The van der Waals surface area contributed by atoms with E-state index in [4.69, 9.17) is 26.3 Å². The zero-order chi connectivity index (χ0) is 51.2. The van der Waals surface area contributed by atoms with Crippen molar-refractivity contribution in [1.29, 1.82) is 0 Å². The number of rotatable bonds is 2. The molecule has 1 heteroatoms. The Morgan fingerprint density at radius 1 is 0.311 bits per heavy atom. The first-order valence-corrected chi connectivity index (χ1v) is 13.5. The molecule has 10 aromatic rings. The molecule has 0 radical (unpaired) electrons. The predicted molar refractivity (Wildman–Crippen MR) is 192 cm³/mol. The van der Waals surface area contributed by atoms with E-state index in [9.17, 15) is 12.3 Å². The zero-order valence-corrected chi connectivity index (χ0v) is 22.5. The monoisotopic (exact) mass is 595 g/mol. The van der Waals surface area contributed by atoms with Gasteiger partial charge in [-0.2, -0.15) is 0 Å². The minimum absolute atomic E-state index is 0.227. The highest BCUT2D eigenvalue weighted by atomic mass is 16.3. The van der Waals surface area contributed by atoms with E-state index in [0.717, 1.165) is 6.07 Å². The van der Waals surface area contributed by atoms with Crippen molar-refractivity contribution in [3.05, 3.63) is 157 Å². The molecule has 0 aliphatic carbocycles. The summed E-state index contributed by atoms with van der Waals surface area (Å²) in [5.41, 5.74) is -3.82. The molecule has 0 amide bonds. The van der Waals surface area contributed by atoms with Gasteiger partial charge < -0.3 is 4.42 Å². The lowest BCUT2D eigenvalue weighted by atomic mass is 9.84. The molecule has 0 fully saturated rings. The number of furan rings is 1. The average molecular weight is 596 g/mol. The molecule has 10 rings (SSSR count). The fourth-order valence-electron chi connectivity index (χ4n) is 5.90. The van der Waals surface area contributed by atoms with E-state index in [2.05, 4.69) is 0 Å². The minimum atomic E-state index is -0.955. The lowest BCUT2D eigenvalue weighted by Crippen LogP contribution is -1.91. The molecule has 0 N–H and O–H groups in total. The van der Waals surface area contributed by atoms with E-state index >= 15 is 0 Å². The Balaban J connectivity index is 1.55. The summed E-state index contributed by atoms with van der Waals surface area (Å²) in [6, 6.07) is -19.6. The van der Waals surface area contributed by atoms with Crippen LogP contribution in [0.15, 0.2) is 162 Å². The van der Waals surface area contributed by atoms with Gasteiger partial charge in [0, 0.05) is 10.8 Å². The van der Waals surface area contributed by atoms with Crippen LogP contribution in [0.25, 0.3) is 98.1 Å². The van der Waals surface area contributed by atoms with Gasteiger partial charge in [0.15, 0.2) is 0 Å². The third kappa shape index (κ3) is 3.50. The van der Waals surface area contributed by atoms with Crippen LogP contribution in [0.1, 0.15) is 34.3 Å². The Bertz CT molecular complexity index is 4150. The van der Waals surface area contributed by atoms with Gasteiger partial charge in [0.2, 0.25) is 0 Å². The fourth-order valence-corrected chi connectivity index (χ4v) is 5.90. The Morgan fingerprint density at radius 3 is 1.38 bits per heavy atom. The molecular formula is C44H26O. The maximum absolute atomic E-state index is 10.0. The van der Waals surface area contributed by atoms with Crippen LogP contribution in [-0.2, 0) is 0 Å². The highest BCUT2D eigenvalue weighted by molar-refractivity contribution is 6.27. The normalized spacial score (nSPS) is 19.8. The molecule has 9 aromatic carbocycles. The van der Waals surface area contributed by atoms with Gasteiger partial charge in [-0.05, 0) is 100 Å². The van der Waals surface area contributed by atoms with Gasteiger partial charge in [0.05, 0.1) is 34.3 Å². The molecule has 0 spiro atoms. The molecule has 0 aliphatic heterocycles. The second kappa shape index (κ2) is 9.29. The molecule has 1 aromatic heterocycles. The number of benzene rings is 9. The summed E-state index contributed by atoms with van der Waals surface area (Å²) < 4.78 is 231. The van der Waals surface area contributed by atoms with Crippen molar-refractivity contribution < 1.29 is 38.7 Å². The molecule has 0 saturated carbocycles. The van der Waals surface area contributed by atoms with E-state index in [1.165, 1.54) is 0 Å². The van der Waals surface area contributed by atoms with Gasteiger partial charge in [-0.3, -0.25) is 0 Å². The topological polar surface area (TPSA) is 13.1 Å². The Morgan fingerprint density at radius 2 is 0.733 bits per heavy atom.